The fourth-order valence-corrected chi connectivity index (χ4v) is 5.70. The van der Waals surface area contributed by atoms with Crippen LogP contribution in [-0.2, 0) is 9.84 Å². The van der Waals surface area contributed by atoms with E-state index in [9.17, 15) is 8.42 Å². The highest BCUT2D eigenvalue weighted by Gasteiger charge is 2.27. The van der Waals surface area contributed by atoms with Crippen LogP contribution in [0.15, 0.2) is 74.9 Å². The molecule has 1 saturated heterocycles. The summed E-state index contributed by atoms with van der Waals surface area (Å²) < 4.78 is 33.2. The largest absolute Gasteiger partial charge is 0.423 e. The Balaban J connectivity index is 0.00000144. The van der Waals surface area contributed by atoms with E-state index in [4.69, 9.17) is 4.42 Å². The quantitative estimate of drug-likeness (QED) is 0.406. The number of aromatic nitrogens is 1. The van der Waals surface area contributed by atoms with Gasteiger partial charge in [-0.15, -0.1) is 24.8 Å². The SMILES string of the molecule is CCN1CCN(c2nc3c(S(=O)(=O)c4cccc5ccccc45)cccc3o2)CC1.Cl.Cl. The number of hydrogen-bond donors (Lipinski definition) is 0. The number of oxazole rings is 1. The Morgan fingerprint density at radius 3 is 2.28 bits per heavy atom. The normalized spacial score (nSPS) is 14.8. The molecule has 0 radical (unpaired) electrons. The standard InChI is InChI=1S/C23H23N3O3S.2ClH/c1-2-25-13-15-26(16-14-25)23-24-22-19(29-23)10-6-12-21(22)30(27,28)20-11-5-8-17-7-3-4-9-18(17)20;;/h3-12H,2,13-16H2,1H3;2*1H. The molecule has 0 amide bonds. The van der Waals surface area contributed by atoms with Gasteiger partial charge in [0.15, 0.2) is 5.58 Å². The number of halogens is 2. The van der Waals surface area contributed by atoms with Crippen LogP contribution in [0.5, 0.6) is 0 Å². The number of nitrogens with zero attached hydrogens (tertiary/aromatic N) is 3. The summed E-state index contributed by atoms with van der Waals surface area (Å²) in [6.45, 7) is 6.68. The first kappa shape index (κ1) is 24.3. The molecule has 32 heavy (non-hydrogen) atoms. The van der Waals surface area contributed by atoms with E-state index in [0.29, 0.717) is 22.5 Å². The van der Waals surface area contributed by atoms with Gasteiger partial charge in [0.25, 0.3) is 6.01 Å². The molecular weight excluding hydrogens is 469 g/mol. The van der Waals surface area contributed by atoms with E-state index < -0.39 is 9.84 Å². The van der Waals surface area contributed by atoms with Crippen molar-refractivity contribution in [3.05, 3.63) is 60.7 Å². The summed E-state index contributed by atoms with van der Waals surface area (Å²) in [5, 5.41) is 1.59. The highest BCUT2D eigenvalue weighted by molar-refractivity contribution is 7.92. The van der Waals surface area contributed by atoms with Crippen molar-refractivity contribution in [1.82, 2.24) is 9.88 Å². The van der Waals surface area contributed by atoms with Crippen LogP contribution in [0.1, 0.15) is 6.92 Å². The topological polar surface area (TPSA) is 66.7 Å². The second-order valence-electron chi connectivity index (χ2n) is 7.50. The molecule has 3 aromatic carbocycles. The molecule has 0 aliphatic carbocycles. The van der Waals surface area contributed by atoms with Crippen LogP contribution in [-0.4, -0.2) is 51.0 Å². The Hall–Kier alpha value is -2.32. The summed E-state index contributed by atoms with van der Waals surface area (Å²) in [7, 11) is -3.77. The van der Waals surface area contributed by atoms with Gasteiger partial charge in [0, 0.05) is 31.6 Å². The zero-order valence-electron chi connectivity index (χ0n) is 17.6. The number of piperazine rings is 1. The van der Waals surface area contributed by atoms with E-state index in [1.165, 1.54) is 0 Å². The Morgan fingerprint density at radius 1 is 0.875 bits per heavy atom. The molecule has 2 heterocycles. The minimum atomic E-state index is -3.77. The Labute approximate surface area is 200 Å². The molecule has 170 valence electrons. The van der Waals surface area contributed by atoms with E-state index in [-0.39, 0.29) is 34.6 Å². The average Bonchev–Trinajstić information content (AvgIpc) is 3.23. The van der Waals surface area contributed by atoms with E-state index in [2.05, 4.69) is 21.7 Å². The molecule has 5 rings (SSSR count). The van der Waals surface area contributed by atoms with Crippen molar-refractivity contribution in [2.45, 2.75) is 16.7 Å². The third-order valence-corrected chi connectivity index (χ3v) is 7.63. The van der Waals surface area contributed by atoms with Gasteiger partial charge in [-0.05, 0) is 30.1 Å². The molecule has 1 fully saturated rings. The van der Waals surface area contributed by atoms with Crippen molar-refractivity contribution in [2.24, 2.45) is 0 Å². The molecule has 0 unspecified atom stereocenters. The molecule has 6 nitrogen and oxygen atoms in total. The molecule has 0 atom stereocenters. The lowest BCUT2D eigenvalue weighted by Gasteiger charge is -2.32. The first-order valence-electron chi connectivity index (χ1n) is 10.2. The number of sulfone groups is 1. The van der Waals surface area contributed by atoms with Crippen LogP contribution in [0.2, 0.25) is 0 Å². The second kappa shape index (κ2) is 9.67. The van der Waals surface area contributed by atoms with E-state index in [1.54, 1.807) is 30.3 Å². The summed E-state index contributed by atoms with van der Waals surface area (Å²) in [5.74, 6) is 0. The van der Waals surface area contributed by atoms with E-state index >= 15 is 0 Å². The second-order valence-corrected chi connectivity index (χ2v) is 9.39. The van der Waals surface area contributed by atoms with Crippen LogP contribution < -0.4 is 4.90 Å². The van der Waals surface area contributed by atoms with Crippen molar-refractivity contribution >= 4 is 62.5 Å². The van der Waals surface area contributed by atoms with Crippen LogP contribution in [0.4, 0.5) is 6.01 Å². The number of anilines is 1. The van der Waals surface area contributed by atoms with Gasteiger partial charge in [-0.25, -0.2) is 8.42 Å². The van der Waals surface area contributed by atoms with Gasteiger partial charge >= 0.3 is 0 Å². The Bertz CT molecular complexity index is 1330. The number of likely N-dealkylation sites (N-methyl/N-ethyl adjacent to an activating group) is 1. The van der Waals surface area contributed by atoms with Crippen molar-refractivity contribution in [2.75, 3.05) is 37.6 Å². The molecule has 0 spiro atoms. The number of benzene rings is 3. The lowest BCUT2D eigenvalue weighted by molar-refractivity contribution is 0.266. The molecule has 0 bridgehead atoms. The molecule has 1 aliphatic heterocycles. The average molecular weight is 494 g/mol. The third-order valence-electron chi connectivity index (χ3n) is 5.79. The minimum Gasteiger partial charge on any atom is -0.423 e. The Morgan fingerprint density at radius 2 is 1.53 bits per heavy atom. The number of fused-ring (bicyclic) bond motifs is 2. The zero-order valence-corrected chi connectivity index (χ0v) is 20.0. The lowest BCUT2D eigenvalue weighted by Crippen LogP contribution is -2.46. The van der Waals surface area contributed by atoms with Gasteiger partial charge in [-0.3, -0.25) is 0 Å². The highest BCUT2D eigenvalue weighted by atomic mass is 35.5. The van der Waals surface area contributed by atoms with E-state index in [0.717, 1.165) is 38.1 Å². The van der Waals surface area contributed by atoms with Crippen molar-refractivity contribution < 1.29 is 12.8 Å². The van der Waals surface area contributed by atoms with Crippen molar-refractivity contribution in [3.63, 3.8) is 0 Å². The first-order valence-corrected chi connectivity index (χ1v) is 11.7. The molecule has 1 aromatic heterocycles. The van der Waals surface area contributed by atoms with Crippen LogP contribution in [0, 0.1) is 0 Å². The minimum absolute atomic E-state index is 0. The van der Waals surface area contributed by atoms with Gasteiger partial charge in [0.2, 0.25) is 9.84 Å². The molecule has 9 heteroatoms. The number of para-hydroxylation sites is 1. The maximum atomic E-state index is 13.6. The zero-order chi connectivity index (χ0) is 20.7. The van der Waals surface area contributed by atoms with Gasteiger partial charge in [0.1, 0.15) is 10.4 Å². The highest BCUT2D eigenvalue weighted by Crippen LogP contribution is 2.33. The predicted molar refractivity (Wildman–Crippen MR) is 132 cm³/mol. The monoisotopic (exact) mass is 493 g/mol. The lowest BCUT2D eigenvalue weighted by atomic mass is 10.1. The fourth-order valence-electron chi connectivity index (χ4n) is 4.07. The van der Waals surface area contributed by atoms with Crippen LogP contribution in [0.3, 0.4) is 0 Å². The summed E-state index contributed by atoms with van der Waals surface area (Å²) >= 11 is 0. The maximum absolute atomic E-state index is 13.6. The van der Waals surface area contributed by atoms with Crippen molar-refractivity contribution in [3.8, 4) is 0 Å². The fraction of sp³-hybridized carbons (Fsp3) is 0.261. The predicted octanol–water partition coefficient (Wildman–Crippen LogP) is 4.80. The van der Waals surface area contributed by atoms with Gasteiger partial charge in [-0.2, -0.15) is 4.98 Å². The van der Waals surface area contributed by atoms with Gasteiger partial charge in [-0.1, -0.05) is 49.4 Å². The van der Waals surface area contributed by atoms with Crippen molar-refractivity contribution in [1.29, 1.82) is 0 Å². The van der Waals surface area contributed by atoms with Gasteiger partial charge in [0.05, 0.1) is 4.90 Å². The van der Waals surface area contributed by atoms with E-state index in [1.807, 2.05) is 30.3 Å². The maximum Gasteiger partial charge on any atom is 0.298 e. The summed E-state index contributed by atoms with van der Waals surface area (Å²) in [5.41, 5.74) is 0.877. The smallest absolute Gasteiger partial charge is 0.298 e. The molecule has 4 aromatic rings. The summed E-state index contributed by atoms with van der Waals surface area (Å²) in [6, 6.07) is 18.4. The number of rotatable bonds is 4. The molecular formula is C23H25Cl2N3O3S. The third kappa shape index (κ3) is 4.18. The molecule has 0 saturated carbocycles. The molecule has 1 aliphatic rings. The Kier molecular flexibility index (Phi) is 7.35. The first-order chi connectivity index (χ1) is 14.6. The summed E-state index contributed by atoms with van der Waals surface area (Å²) in [4.78, 5) is 9.54. The van der Waals surface area contributed by atoms with Crippen LogP contribution >= 0.6 is 24.8 Å². The van der Waals surface area contributed by atoms with Crippen LogP contribution in [0.25, 0.3) is 21.9 Å². The van der Waals surface area contributed by atoms with Gasteiger partial charge < -0.3 is 14.2 Å². The number of hydrogen-bond acceptors (Lipinski definition) is 6. The summed E-state index contributed by atoms with van der Waals surface area (Å²) in [6.07, 6.45) is 0. The molecule has 0 N–H and O–H groups in total.